The minimum Gasteiger partial charge on any atom is -0.468 e. The van der Waals surface area contributed by atoms with Crippen LogP contribution in [0.15, 0.2) is 17.6 Å². The van der Waals surface area contributed by atoms with Gasteiger partial charge in [0.2, 0.25) is 5.91 Å². The van der Waals surface area contributed by atoms with Gasteiger partial charge in [-0.15, -0.1) is 0 Å². The van der Waals surface area contributed by atoms with E-state index in [0.717, 1.165) is 18.1 Å². The molecule has 18 heavy (non-hydrogen) atoms. The van der Waals surface area contributed by atoms with Crippen LogP contribution in [0.5, 0.6) is 0 Å². The van der Waals surface area contributed by atoms with Crippen molar-refractivity contribution < 1.29 is 14.3 Å². The molecule has 0 aliphatic heterocycles. The molecule has 0 radical (unpaired) electrons. The molecule has 0 bridgehead atoms. The minimum atomic E-state index is -0.458. The third kappa shape index (κ3) is 4.79. The van der Waals surface area contributed by atoms with E-state index in [4.69, 9.17) is 0 Å². The van der Waals surface area contributed by atoms with Gasteiger partial charge in [0.1, 0.15) is 6.54 Å². The molecule has 1 rings (SSSR count). The molecule has 0 fully saturated rings. The zero-order chi connectivity index (χ0) is 13.4. The highest BCUT2D eigenvalue weighted by atomic mass is 32.2. The number of aromatic nitrogens is 2. The largest absolute Gasteiger partial charge is 0.468 e. The number of thioether (sulfide) groups is 1. The summed E-state index contributed by atoms with van der Waals surface area (Å²) in [5.41, 5.74) is 0. The molecule has 0 aromatic carbocycles. The fourth-order valence-corrected chi connectivity index (χ4v) is 2.09. The maximum atomic E-state index is 11.5. The number of hydrogen-bond donors (Lipinski definition) is 1. The second-order valence-electron chi connectivity index (χ2n) is 3.54. The van der Waals surface area contributed by atoms with Crippen molar-refractivity contribution in [2.24, 2.45) is 0 Å². The van der Waals surface area contributed by atoms with Crippen molar-refractivity contribution in [3.05, 3.63) is 12.4 Å². The Bertz CT molecular complexity index is 406. The van der Waals surface area contributed by atoms with E-state index in [1.165, 1.54) is 18.9 Å². The van der Waals surface area contributed by atoms with Crippen LogP contribution in [0.3, 0.4) is 0 Å². The van der Waals surface area contributed by atoms with Gasteiger partial charge in [0.05, 0.1) is 12.9 Å². The van der Waals surface area contributed by atoms with Crippen LogP contribution < -0.4 is 5.32 Å². The highest BCUT2D eigenvalue weighted by Gasteiger charge is 2.08. The molecule has 0 spiro atoms. The van der Waals surface area contributed by atoms with Crippen LogP contribution in [0.1, 0.15) is 13.3 Å². The number of nitrogens with zero attached hydrogens (tertiary/aromatic N) is 2. The van der Waals surface area contributed by atoms with Crippen molar-refractivity contribution in [1.29, 1.82) is 0 Å². The molecule has 0 saturated heterocycles. The summed E-state index contributed by atoms with van der Waals surface area (Å²) in [6, 6.07) is 0. The van der Waals surface area contributed by atoms with Crippen molar-refractivity contribution >= 4 is 23.6 Å². The van der Waals surface area contributed by atoms with Crippen molar-refractivity contribution in [2.45, 2.75) is 25.0 Å². The van der Waals surface area contributed by atoms with Crippen molar-refractivity contribution in [2.75, 3.05) is 19.4 Å². The Balaban J connectivity index is 2.33. The van der Waals surface area contributed by atoms with Crippen LogP contribution in [0.2, 0.25) is 0 Å². The molecule has 0 unspecified atom stereocenters. The maximum Gasteiger partial charge on any atom is 0.325 e. The van der Waals surface area contributed by atoms with Gasteiger partial charge in [-0.1, -0.05) is 18.7 Å². The van der Waals surface area contributed by atoms with E-state index in [1.807, 2.05) is 10.8 Å². The summed E-state index contributed by atoms with van der Waals surface area (Å²) in [4.78, 5) is 26.5. The first-order chi connectivity index (χ1) is 8.67. The molecule has 0 atom stereocenters. The number of esters is 1. The van der Waals surface area contributed by atoms with E-state index in [2.05, 4.69) is 22.0 Å². The topological polar surface area (TPSA) is 73.2 Å². The Labute approximate surface area is 110 Å². The van der Waals surface area contributed by atoms with Crippen molar-refractivity contribution in [1.82, 2.24) is 14.9 Å². The van der Waals surface area contributed by atoms with Gasteiger partial charge in [0.15, 0.2) is 5.16 Å². The SMILES string of the molecule is CCCn1ccnc1SCC(=O)NCC(=O)OC. The van der Waals surface area contributed by atoms with Crippen LogP contribution in [0, 0.1) is 0 Å². The molecular weight excluding hydrogens is 254 g/mol. The number of nitrogens with one attached hydrogen (secondary N) is 1. The van der Waals surface area contributed by atoms with Crippen LogP contribution >= 0.6 is 11.8 Å². The number of ether oxygens (including phenoxy) is 1. The van der Waals surface area contributed by atoms with Gasteiger partial charge in [-0.05, 0) is 6.42 Å². The molecular formula is C11H17N3O3S. The average Bonchev–Trinajstić information content (AvgIpc) is 2.81. The highest BCUT2D eigenvalue weighted by Crippen LogP contribution is 2.15. The lowest BCUT2D eigenvalue weighted by atomic mass is 10.5. The maximum absolute atomic E-state index is 11.5. The summed E-state index contributed by atoms with van der Waals surface area (Å²) in [5, 5.41) is 3.29. The van der Waals surface area contributed by atoms with Gasteiger partial charge in [-0.2, -0.15) is 0 Å². The summed E-state index contributed by atoms with van der Waals surface area (Å²) >= 11 is 1.35. The average molecular weight is 271 g/mol. The second-order valence-corrected chi connectivity index (χ2v) is 4.49. The second kappa shape index (κ2) is 7.75. The first-order valence-corrected chi connectivity index (χ1v) is 6.63. The molecule has 0 aliphatic carbocycles. The Kier molecular flexibility index (Phi) is 6.27. The Morgan fingerprint density at radius 2 is 2.33 bits per heavy atom. The lowest BCUT2D eigenvalue weighted by molar-refractivity contribution is -0.140. The van der Waals surface area contributed by atoms with Gasteiger partial charge < -0.3 is 14.6 Å². The van der Waals surface area contributed by atoms with E-state index >= 15 is 0 Å². The van der Waals surface area contributed by atoms with Gasteiger partial charge in [0.25, 0.3) is 0 Å². The van der Waals surface area contributed by atoms with Crippen LogP contribution in [-0.4, -0.2) is 40.8 Å². The molecule has 1 aromatic rings. The summed E-state index contributed by atoms with van der Waals surface area (Å²) in [7, 11) is 1.28. The van der Waals surface area contributed by atoms with Gasteiger partial charge >= 0.3 is 5.97 Å². The fraction of sp³-hybridized carbons (Fsp3) is 0.545. The minimum absolute atomic E-state index is 0.0979. The smallest absolute Gasteiger partial charge is 0.325 e. The van der Waals surface area contributed by atoms with E-state index in [9.17, 15) is 9.59 Å². The predicted octanol–water partition coefficient (Wildman–Crippen LogP) is 0.674. The first-order valence-electron chi connectivity index (χ1n) is 5.64. The monoisotopic (exact) mass is 271 g/mol. The quantitative estimate of drug-likeness (QED) is 0.583. The number of carbonyl (C=O) groups excluding carboxylic acids is 2. The number of imidazole rings is 1. The predicted molar refractivity (Wildman–Crippen MR) is 68.3 cm³/mol. The number of methoxy groups -OCH3 is 1. The summed E-state index contributed by atoms with van der Waals surface area (Å²) in [6.45, 7) is 2.86. The van der Waals surface area contributed by atoms with Crippen molar-refractivity contribution in [3.8, 4) is 0 Å². The molecule has 0 aliphatic rings. The molecule has 0 saturated carbocycles. The summed E-state index contributed by atoms with van der Waals surface area (Å²) < 4.78 is 6.42. The Morgan fingerprint density at radius 1 is 1.56 bits per heavy atom. The standard InChI is InChI=1S/C11H17N3O3S/c1-3-5-14-6-4-12-11(14)18-8-9(15)13-7-10(16)17-2/h4,6H,3,5,7-8H2,1-2H3,(H,13,15). The van der Waals surface area contributed by atoms with Gasteiger partial charge in [-0.25, -0.2) is 4.98 Å². The van der Waals surface area contributed by atoms with Crippen LogP contribution in [-0.2, 0) is 20.9 Å². The number of rotatable bonds is 7. The van der Waals surface area contributed by atoms with Crippen LogP contribution in [0.4, 0.5) is 0 Å². The van der Waals surface area contributed by atoms with Gasteiger partial charge in [-0.3, -0.25) is 9.59 Å². The highest BCUT2D eigenvalue weighted by molar-refractivity contribution is 7.99. The molecule has 1 heterocycles. The van der Waals surface area contributed by atoms with E-state index in [1.54, 1.807) is 6.20 Å². The normalized spacial score (nSPS) is 10.1. The van der Waals surface area contributed by atoms with Gasteiger partial charge in [0, 0.05) is 18.9 Å². The molecule has 1 aromatic heterocycles. The molecule has 1 amide bonds. The molecule has 100 valence electrons. The first kappa shape index (κ1) is 14.6. The summed E-state index contributed by atoms with van der Waals surface area (Å²) in [6.07, 6.45) is 4.61. The number of hydrogen-bond acceptors (Lipinski definition) is 5. The zero-order valence-corrected chi connectivity index (χ0v) is 11.3. The zero-order valence-electron chi connectivity index (χ0n) is 10.5. The number of amides is 1. The molecule has 7 heteroatoms. The fourth-order valence-electron chi connectivity index (χ4n) is 1.27. The third-order valence-electron chi connectivity index (χ3n) is 2.13. The lowest BCUT2D eigenvalue weighted by Gasteiger charge is -2.06. The van der Waals surface area contributed by atoms with E-state index in [0.29, 0.717) is 0 Å². The number of aryl methyl sites for hydroxylation is 1. The van der Waals surface area contributed by atoms with Crippen molar-refractivity contribution in [3.63, 3.8) is 0 Å². The lowest BCUT2D eigenvalue weighted by Crippen LogP contribution is -2.31. The summed E-state index contributed by atoms with van der Waals surface area (Å²) in [5.74, 6) is -0.435. The Hall–Kier alpha value is -1.50. The third-order valence-corrected chi connectivity index (χ3v) is 3.14. The number of carbonyl (C=O) groups is 2. The van der Waals surface area contributed by atoms with Crippen LogP contribution in [0.25, 0.3) is 0 Å². The Morgan fingerprint density at radius 3 is 3.00 bits per heavy atom. The van der Waals surface area contributed by atoms with E-state index in [-0.39, 0.29) is 18.2 Å². The molecule has 6 nitrogen and oxygen atoms in total. The van der Waals surface area contributed by atoms with E-state index < -0.39 is 5.97 Å². The molecule has 1 N–H and O–H groups in total.